The van der Waals surface area contributed by atoms with E-state index in [9.17, 15) is 0 Å². The van der Waals surface area contributed by atoms with E-state index in [4.69, 9.17) is 10.5 Å². The van der Waals surface area contributed by atoms with Gasteiger partial charge in [-0.2, -0.15) is 0 Å². The average molecular weight is 248 g/mol. The van der Waals surface area contributed by atoms with E-state index in [0.29, 0.717) is 16.6 Å². The lowest BCUT2D eigenvalue weighted by atomic mass is 10.1. The molecule has 2 aromatic rings. The minimum Gasteiger partial charge on any atom is -0.429 e. The smallest absolute Gasteiger partial charge is 0.279 e. The number of thiazole rings is 1. The van der Waals surface area contributed by atoms with Gasteiger partial charge in [-0.25, -0.2) is 4.98 Å². The summed E-state index contributed by atoms with van der Waals surface area (Å²) >= 11 is 1.54. The topological polar surface area (TPSA) is 48.1 Å². The molecule has 0 aliphatic rings. The van der Waals surface area contributed by atoms with Crippen molar-refractivity contribution in [3.05, 3.63) is 34.3 Å². The van der Waals surface area contributed by atoms with Gasteiger partial charge in [-0.1, -0.05) is 24.3 Å². The Morgan fingerprint density at radius 2 is 2.12 bits per heavy atom. The van der Waals surface area contributed by atoms with Crippen molar-refractivity contribution in [1.29, 1.82) is 0 Å². The third-order valence-electron chi connectivity index (χ3n) is 2.69. The highest BCUT2D eigenvalue weighted by molar-refractivity contribution is 7.13. The summed E-state index contributed by atoms with van der Waals surface area (Å²) in [7, 11) is 0. The Balaban J connectivity index is 2.24. The number of hydrogen-bond donors (Lipinski definition) is 1. The molecule has 4 heteroatoms. The van der Waals surface area contributed by atoms with Crippen LogP contribution in [0.25, 0.3) is 0 Å². The predicted octanol–water partition coefficient (Wildman–Crippen LogP) is 3.70. The normalized spacial score (nSPS) is 10.5. The van der Waals surface area contributed by atoms with E-state index < -0.39 is 0 Å². The third kappa shape index (κ3) is 2.58. The fraction of sp³-hybridized carbons (Fsp3) is 0.308. The second kappa shape index (κ2) is 4.75. The maximum absolute atomic E-state index is 5.94. The fourth-order valence-electron chi connectivity index (χ4n) is 1.49. The van der Waals surface area contributed by atoms with Gasteiger partial charge in [-0.05, 0) is 38.0 Å². The number of hydrogen-bond acceptors (Lipinski definition) is 4. The highest BCUT2D eigenvalue weighted by Crippen LogP contribution is 2.32. The molecular weight excluding hydrogens is 232 g/mol. The van der Waals surface area contributed by atoms with Gasteiger partial charge in [0, 0.05) is 4.88 Å². The predicted molar refractivity (Wildman–Crippen MR) is 71.9 cm³/mol. The van der Waals surface area contributed by atoms with Gasteiger partial charge in [0.15, 0.2) is 5.75 Å². The van der Waals surface area contributed by atoms with E-state index in [2.05, 4.69) is 11.9 Å². The molecule has 0 bridgehead atoms. The van der Waals surface area contributed by atoms with Gasteiger partial charge < -0.3 is 10.5 Å². The van der Waals surface area contributed by atoms with Crippen molar-refractivity contribution in [2.45, 2.75) is 27.2 Å². The average Bonchev–Trinajstić information content (AvgIpc) is 2.61. The van der Waals surface area contributed by atoms with Crippen LogP contribution in [0.1, 0.15) is 23.1 Å². The van der Waals surface area contributed by atoms with Crippen molar-refractivity contribution in [1.82, 2.24) is 4.98 Å². The van der Waals surface area contributed by atoms with E-state index in [1.807, 2.05) is 32.0 Å². The van der Waals surface area contributed by atoms with Crippen LogP contribution in [-0.2, 0) is 6.42 Å². The highest BCUT2D eigenvalue weighted by Gasteiger charge is 2.08. The quantitative estimate of drug-likeness (QED) is 0.842. The molecule has 0 spiro atoms. The second-order valence-corrected chi connectivity index (χ2v) is 5.11. The van der Waals surface area contributed by atoms with Gasteiger partial charge in [-0.15, -0.1) is 0 Å². The third-order valence-corrected chi connectivity index (χ3v) is 3.64. The molecule has 0 amide bonds. The number of rotatable bonds is 3. The number of nitrogens with two attached hydrogens (primary N) is 1. The molecule has 2 N–H and O–H groups in total. The number of benzene rings is 1. The Labute approximate surface area is 105 Å². The Morgan fingerprint density at radius 1 is 1.35 bits per heavy atom. The summed E-state index contributed by atoms with van der Waals surface area (Å²) < 4.78 is 5.69. The van der Waals surface area contributed by atoms with Gasteiger partial charge in [0.25, 0.3) is 5.19 Å². The first kappa shape index (κ1) is 11.9. The van der Waals surface area contributed by atoms with Crippen LogP contribution in [0.15, 0.2) is 18.2 Å². The molecule has 0 fully saturated rings. The molecule has 1 aromatic carbocycles. The lowest BCUT2D eigenvalue weighted by molar-refractivity contribution is 0.480. The highest BCUT2D eigenvalue weighted by atomic mass is 32.1. The van der Waals surface area contributed by atoms with Crippen LogP contribution in [0.5, 0.6) is 10.9 Å². The summed E-state index contributed by atoms with van der Waals surface area (Å²) in [6.07, 6.45) is 0.972. The van der Waals surface area contributed by atoms with Crippen LogP contribution < -0.4 is 10.5 Å². The monoisotopic (exact) mass is 248 g/mol. The lowest BCUT2D eigenvalue weighted by Crippen LogP contribution is -1.93. The van der Waals surface area contributed by atoms with Crippen LogP contribution in [0.3, 0.4) is 0 Å². The Bertz CT molecular complexity index is 515. The molecule has 0 radical (unpaired) electrons. The number of anilines is 1. The standard InChI is InChI=1S/C13H16N2OS/c1-4-10-5-6-12(11(14)7-10)16-13-15-8(2)9(3)17-13/h5-7H,4,14H2,1-3H3. The van der Waals surface area contributed by atoms with Crippen molar-refractivity contribution in [3.8, 4) is 10.9 Å². The zero-order valence-electron chi connectivity index (χ0n) is 10.3. The zero-order chi connectivity index (χ0) is 12.4. The second-order valence-electron chi connectivity index (χ2n) is 3.95. The SMILES string of the molecule is CCc1ccc(Oc2nc(C)c(C)s2)c(N)c1. The number of nitrogen functional groups attached to an aromatic ring is 1. The Hall–Kier alpha value is -1.55. The van der Waals surface area contributed by atoms with Gasteiger partial charge in [-0.3, -0.25) is 0 Å². The number of aryl methyl sites for hydroxylation is 3. The number of aromatic nitrogens is 1. The van der Waals surface area contributed by atoms with E-state index >= 15 is 0 Å². The molecule has 17 heavy (non-hydrogen) atoms. The first-order chi connectivity index (χ1) is 8.10. The molecule has 0 saturated heterocycles. The number of nitrogens with zero attached hydrogens (tertiary/aromatic N) is 1. The fourth-order valence-corrected chi connectivity index (χ4v) is 2.26. The molecule has 2 rings (SSSR count). The van der Waals surface area contributed by atoms with Gasteiger partial charge in [0.1, 0.15) is 0 Å². The van der Waals surface area contributed by atoms with E-state index in [0.717, 1.165) is 12.1 Å². The summed E-state index contributed by atoms with van der Waals surface area (Å²) in [6.45, 7) is 6.11. The first-order valence-electron chi connectivity index (χ1n) is 5.60. The van der Waals surface area contributed by atoms with Crippen molar-refractivity contribution in [3.63, 3.8) is 0 Å². The van der Waals surface area contributed by atoms with E-state index in [1.54, 1.807) is 0 Å². The first-order valence-corrected chi connectivity index (χ1v) is 6.42. The van der Waals surface area contributed by atoms with Crippen molar-refractivity contribution in [2.75, 3.05) is 5.73 Å². The molecular formula is C13H16N2OS. The molecule has 90 valence electrons. The summed E-state index contributed by atoms with van der Waals surface area (Å²) in [4.78, 5) is 5.50. The van der Waals surface area contributed by atoms with Crippen LogP contribution in [0.4, 0.5) is 5.69 Å². The van der Waals surface area contributed by atoms with Crippen LogP contribution in [0.2, 0.25) is 0 Å². The summed E-state index contributed by atoms with van der Waals surface area (Å²) in [5.74, 6) is 0.677. The maximum Gasteiger partial charge on any atom is 0.279 e. The van der Waals surface area contributed by atoms with Crippen molar-refractivity contribution >= 4 is 17.0 Å². The van der Waals surface area contributed by atoms with Gasteiger partial charge in [0.2, 0.25) is 0 Å². The van der Waals surface area contributed by atoms with Crippen LogP contribution in [0, 0.1) is 13.8 Å². The molecule has 1 heterocycles. The zero-order valence-corrected chi connectivity index (χ0v) is 11.1. The van der Waals surface area contributed by atoms with E-state index in [-0.39, 0.29) is 0 Å². The summed E-state index contributed by atoms with van der Waals surface area (Å²) in [5, 5.41) is 0.649. The summed E-state index contributed by atoms with van der Waals surface area (Å²) in [5.41, 5.74) is 8.82. The number of ether oxygens (including phenoxy) is 1. The largest absolute Gasteiger partial charge is 0.429 e. The molecule has 1 aromatic heterocycles. The van der Waals surface area contributed by atoms with Crippen LogP contribution >= 0.6 is 11.3 Å². The van der Waals surface area contributed by atoms with Crippen LogP contribution in [-0.4, -0.2) is 4.98 Å². The molecule has 0 atom stereocenters. The van der Waals surface area contributed by atoms with Crippen molar-refractivity contribution < 1.29 is 4.74 Å². The van der Waals surface area contributed by atoms with Gasteiger partial charge >= 0.3 is 0 Å². The molecule has 0 saturated carbocycles. The Kier molecular flexibility index (Phi) is 3.33. The minimum atomic E-state index is 0.649. The van der Waals surface area contributed by atoms with Gasteiger partial charge in [0.05, 0.1) is 11.4 Å². The molecule has 0 unspecified atom stereocenters. The Morgan fingerprint density at radius 3 is 2.65 bits per heavy atom. The van der Waals surface area contributed by atoms with Crippen molar-refractivity contribution in [2.24, 2.45) is 0 Å². The lowest BCUT2D eigenvalue weighted by Gasteiger charge is -2.06. The molecule has 0 aliphatic carbocycles. The minimum absolute atomic E-state index is 0.649. The summed E-state index contributed by atoms with van der Waals surface area (Å²) in [6, 6.07) is 5.88. The van der Waals surface area contributed by atoms with E-state index in [1.165, 1.54) is 21.8 Å². The molecule has 0 aliphatic heterocycles. The molecule has 3 nitrogen and oxygen atoms in total. The maximum atomic E-state index is 5.94.